The van der Waals surface area contributed by atoms with Crippen molar-refractivity contribution in [2.24, 2.45) is 0 Å². The third kappa shape index (κ3) is 4.13. The van der Waals surface area contributed by atoms with Gasteiger partial charge in [0.2, 0.25) is 0 Å². The Kier molecular flexibility index (Phi) is 4.88. The van der Waals surface area contributed by atoms with Crippen molar-refractivity contribution in [2.75, 3.05) is 0 Å². The molecule has 0 aliphatic heterocycles. The summed E-state index contributed by atoms with van der Waals surface area (Å²) in [5, 5.41) is -2.54. The molecular formula is C15H10F6O3S. The molecule has 2 aromatic carbocycles. The molecule has 0 spiro atoms. The standard InChI is InChI=1S/C15H10F6O3S/c16-14(17,18)11-7-3-1-5-9(11)13(25(22,23)24)10-6-2-4-8-12(10)15(19,20)21/h1-8,13H,(H,22,23,24). The van der Waals surface area contributed by atoms with Crippen LogP contribution in [0.5, 0.6) is 0 Å². The summed E-state index contributed by atoms with van der Waals surface area (Å²) < 4.78 is 112. The molecule has 0 aliphatic carbocycles. The van der Waals surface area contributed by atoms with Gasteiger partial charge in [-0.1, -0.05) is 36.4 Å². The van der Waals surface area contributed by atoms with Crippen LogP contribution in [0.15, 0.2) is 48.5 Å². The van der Waals surface area contributed by atoms with E-state index in [0.717, 1.165) is 24.3 Å². The first-order valence-electron chi connectivity index (χ1n) is 6.62. The number of benzene rings is 2. The fraction of sp³-hybridized carbons (Fsp3) is 0.200. The van der Waals surface area contributed by atoms with Gasteiger partial charge in [-0.05, 0) is 23.3 Å². The first kappa shape index (κ1) is 19.3. The van der Waals surface area contributed by atoms with Crippen molar-refractivity contribution in [2.45, 2.75) is 17.6 Å². The molecule has 25 heavy (non-hydrogen) atoms. The van der Waals surface area contributed by atoms with Crippen molar-refractivity contribution in [3.63, 3.8) is 0 Å². The SMILES string of the molecule is O=S(=O)(O)C(c1ccccc1C(F)(F)F)c1ccccc1C(F)(F)F. The molecule has 136 valence electrons. The lowest BCUT2D eigenvalue weighted by Crippen LogP contribution is -2.22. The highest BCUT2D eigenvalue weighted by molar-refractivity contribution is 7.86. The van der Waals surface area contributed by atoms with Gasteiger partial charge in [-0.25, -0.2) is 0 Å². The van der Waals surface area contributed by atoms with E-state index in [4.69, 9.17) is 0 Å². The van der Waals surface area contributed by atoms with E-state index in [2.05, 4.69) is 0 Å². The molecule has 0 heterocycles. The monoisotopic (exact) mass is 384 g/mol. The maximum atomic E-state index is 13.1. The smallest absolute Gasteiger partial charge is 0.285 e. The molecule has 2 rings (SSSR count). The number of hydrogen-bond donors (Lipinski definition) is 1. The van der Waals surface area contributed by atoms with E-state index in [1.54, 1.807) is 0 Å². The van der Waals surface area contributed by atoms with E-state index in [0.29, 0.717) is 24.3 Å². The van der Waals surface area contributed by atoms with Crippen molar-refractivity contribution < 1.29 is 39.3 Å². The molecule has 0 radical (unpaired) electrons. The third-order valence-corrected chi connectivity index (χ3v) is 4.50. The lowest BCUT2D eigenvalue weighted by Gasteiger charge is -2.22. The van der Waals surface area contributed by atoms with Crippen molar-refractivity contribution in [1.82, 2.24) is 0 Å². The lowest BCUT2D eigenvalue weighted by molar-refractivity contribution is -0.138. The van der Waals surface area contributed by atoms with Crippen LogP contribution < -0.4 is 0 Å². The summed E-state index contributed by atoms with van der Waals surface area (Å²) in [5.74, 6) is 0. The largest absolute Gasteiger partial charge is 0.416 e. The van der Waals surface area contributed by atoms with E-state index in [-0.39, 0.29) is 0 Å². The van der Waals surface area contributed by atoms with Crippen LogP contribution in [0.1, 0.15) is 27.5 Å². The van der Waals surface area contributed by atoms with Gasteiger partial charge in [0, 0.05) is 0 Å². The molecular weight excluding hydrogens is 374 g/mol. The quantitative estimate of drug-likeness (QED) is 0.617. The molecule has 0 aromatic heterocycles. The predicted octanol–water partition coefficient (Wildman–Crippen LogP) is 4.70. The minimum atomic E-state index is -5.34. The highest BCUT2D eigenvalue weighted by Crippen LogP contribution is 2.43. The number of hydrogen-bond acceptors (Lipinski definition) is 2. The molecule has 2 aromatic rings. The molecule has 0 saturated heterocycles. The van der Waals surface area contributed by atoms with E-state index in [9.17, 15) is 39.3 Å². The number of alkyl halides is 6. The zero-order valence-electron chi connectivity index (χ0n) is 12.1. The van der Waals surface area contributed by atoms with Crippen LogP contribution in [0.25, 0.3) is 0 Å². The first-order chi connectivity index (χ1) is 11.3. The van der Waals surface area contributed by atoms with Gasteiger partial charge in [-0.3, -0.25) is 4.55 Å². The molecule has 0 amide bonds. The Hall–Kier alpha value is -2.07. The summed E-state index contributed by atoms with van der Waals surface area (Å²) in [6, 6.07) is 6.50. The Morgan fingerprint density at radius 3 is 1.32 bits per heavy atom. The molecule has 1 N–H and O–H groups in total. The number of halogens is 6. The molecule has 3 nitrogen and oxygen atoms in total. The second kappa shape index (κ2) is 6.34. The molecule has 0 fully saturated rings. The second-order valence-electron chi connectivity index (χ2n) is 5.07. The van der Waals surface area contributed by atoms with E-state index in [1.165, 1.54) is 0 Å². The summed E-state index contributed by atoms with van der Waals surface area (Å²) in [4.78, 5) is 0. The normalized spacial score (nSPS) is 13.3. The van der Waals surface area contributed by atoms with Crippen molar-refractivity contribution in [3.8, 4) is 0 Å². The summed E-state index contributed by atoms with van der Waals surface area (Å²) in [7, 11) is -5.34. The zero-order chi connectivity index (χ0) is 19.0. The maximum Gasteiger partial charge on any atom is 0.416 e. The van der Waals surface area contributed by atoms with Gasteiger partial charge < -0.3 is 0 Å². The van der Waals surface area contributed by atoms with Crippen LogP contribution in [0.2, 0.25) is 0 Å². The Labute approximate surface area is 138 Å². The molecule has 0 atom stereocenters. The Bertz CT molecular complexity index is 814. The van der Waals surface area contributed by atoms with Crippen LogP contribution in [0.3, 0.4) is 0 Å². The molecule has 10 heteroatoms. The summed E-state index contributed by atoms with van der Waals surface area (Å²) in [6.45, 7) is 0. The van der Waals surface area contributed by atoms with Crippen molar-refractivity contribution >= 4 is 10.1 Å². The van der Waals surface area contributed by atoms with E-state index >= 15 is 0 Å². The van der Waals surface area contributed by atoms with Gasteiger partial charge in [0.05, 0.1) is 11.1 Å². The Balaban J connectivity index is 2.84. The molecule has 0 bridgehead atoms. The van der Waals surface area contributed by atoms with E-state index < -0.39 is 50.0 Å². The van der Waals surface area contributed by atoms with E-state index in [1.807, 2.05) is 0 Å². The minimum absolute atomic E-state index is 0.531. The van der Waals surface area contributed by atoms with Gasteiger partial charge >= 0.3 is 12.4 Å². The second-order valence-corrected chi connectivity index (χ2v) is 6.57. The molecule has 0 unspecified atom stereocenters. The fourth-order valence-electron chi connectivity index (χ4n) is 2.46. The third-order valence-electron chi connectivity index (χ3n) is 3.40. The predicted molar refractivity (Wildman–Crippen MR) is 76.3 cm³/mol. The average Bonchev–Trinajstić information content (AvgIpc) is 2.45. The van der Waals surface area contributed by atoms with Crippen LogP contribution in [-0.2, 0) is 22.5 Å². The van der Waals surface area contributed by atoms with Gasteiger partial charge in [0.1, 0.15) is 5.25 Å². The Morgan fingerprint density at radius 1 is 0.720 bits per heavy atom. The highest BCUT2D eigenvalue weighted by Gasteiger charge is 2.43. The van der Waals surface area contributed by atoms with Crippen LogP contribution in [-0.4, -0.2) is 13.0 Å². The Morgan fingerprint density at radius 2 is 1.04 bits per heavy atom. The van der Waals surface area contributed by atoms with Crippen molar-refractivity contribution in [1.29, 1.82) is 0 Å². The van der Waals surface area contributed by atoms with Gasteiger partial charge in [-0.15, -0.1) is 0 Å². The van der Waals surface area contributed by atoms with Crippen LogP contribution in [0, 0.1) is 0 Å². The van der Waals surface area contributed by atoms with Gasteiger partial charge in [0.25, 0.3) is 10.1 Å². The summed E-state index contributed by atoms with van der Waals surface area (Å²) in [6.07, 6.45) is -10.0. The highest BCUT2D eigenvalue weighted by atomic mass is 32.2. The van der Waals surface area contributed by atoms with Gasteiger partial charge in [-0.2, -0.15) is 34.8 Å². The lowest BCUT2D eigenvalue weighted by atomic mass is 9.95. The molecule has 0 aliphatic rings. The fourth-order valence-corrected chi connectivity index (χ4v) is 3.51. The maximum absolute atomic E-state index is 13.1. The van der Waals surface area contributed by atoms with Crippen LogP contribution in [0.4, 0.5) is 26.3 Å². The summed E-state index contributed by atoms with van der Waals surface area (Å²) >= 11 is 0. The number of rotatable bonds is 3. The van der Waals surface area contributed by atoms with Gasteiger partial charge in [0.15, 0.2) is 0 Å². The van der Waals surface area contributed by atoms with Crippen LogP contribution >= 0.6 is 0 Å². The first-order valence-corrected chi connectivity index (χ1v) is 8.12. The molecule has 0 saturated carbocycles. The zero-order valence-corrected chi connectivity index (χ0v) is 13.0. The average molecular weight is 384 g/mol. The summed E-state index contributed by atoms with van der Waals surface area (Å²) in [5.41, 5.74) is -4.88. The van der Waals surface area contributed by atoms with Crippen molar-refractivity contribution in [3.05, 3.63) is 70.8 Å². The minimum Gasteiger partial charge on any atom is -0.285 e. The topological polar surface area (TPSA) is 54.4 Å².